The third kappa shape index (κ3) is 4.17. The van der Waals surface area contributed by atoms with Crippen LogP contribution in [0.3, 0.4) is 0 Å². The highest BCUT2D eigenvalue weighted by Crippen LogP contribution is 2.42. The Morgan fingerprint density at radius 1 is 1.38 bits per heavy atom. The quantitative estimate of drug-likeness (QED) is 0.335. The summed E-state index contributed by atoms with van der Waals surface area (Å²) in [6.45, 7) is -0.687. The van der Waals surface area contributed by atoms with Crippen molar-refractivity contribution in [2.24, 2.45) is 0 Å². The van der Waals surface area contributed by atoms with Gasteiger partial charge in [0.2, 0.25) is 0 Å². The van der Waals surface area contributed by atoms with E-state index in [0.717, 1.165) is 16.8 Å². The third-order valence-corrected chi connectivity index (χ3v) is 4.46. The van der Waals surface area contributed by atoms with E-state index in [4.69, 9.17) is 9.84 Å². The van der Waals surface area contributed by atoms with Gasteiger partial charge in [-0.1, -0.05) is 0 Å². The minimum Gasteiger partial charge on any atom is -0.481 e. The van der Waals surface area contributed by atoms with Crippen molar-refractivity contribution in [1.29, 1.82) is 0 Å². The van der Waals surface area contributed by atoms with E-state index < -0.39 is 62.1 Å². The number of aliphatic hydroxyl groups excluding tert-OH is 2. The van der Waals surface area contributed by atoms with Gasteiger partial charge in [0.05, 0.1) is 6.61 Å². The van der Waals surface area contributed by atoms with Gasteiger partial charge in [-0.15, -0.1) is 0 Å². The molecule has 5 N–H and O–H groups in total. The monoisotopic (exact) mass is 366 g/mol. The van der Waals surface area contributed by atoms with Crippen LogP contribution in [0.5, 0.6) is 0 Å². The summed E-state index contributed by atoms with van der Waals surface area (Å²) in [5, 5.41) is 28.3. The second-order valence-electron chi connectivity index (χ2n) is 5.05. The first-order chi connectivity index (χ1) is 11.1. The number of hydrogen-bond donors (Lipinski definition) is 5. The molecule has 2 heterocycles. The van der Waals surface area contributed by atoms with Gasteiger partial charge in [0.25, 0.3) is 5.56 Å². The molecule has 1 saturated heterocycles. The van der Waals surface area contributed by atoms with E-state index in [9.17, 15) is 34.1 Å². The van der Waals surface area contributed by atoms with E-state index >= 15 is 0 Å². The molecule has 24 heavy (non-hydrogen) atoms. The maximum atomic E-state index is 11.7. The van der Waals surface area contributed by atoms with Gasteiger partial charge in [-0.3, -0.25) is 23.7 Å². The molecular weight excluding hydrogens is 351 g/mol. The number of nitrogens with zero attached hydrogens (tertiary/aromatic N) is 1. The molecule has 1 aliphatic rings. The summed E-state index contributed by atoms with van der Waals surface area (Å²) in [6.07, 6.45) is -5.90. The number of rotatable bonds is 6. The predicted octanol–water partition coefficient (Wildman–Crippen LogP) is -2.56. The number of H-pyrrole nitrogens is 1. The lowest BCUT2D eigenvalue weighted by atomic mass is 10.1. The molecule has 0 saturated carbocycles. The number of carbonyl (C=O) groups is 1. The van der Waals surface area contributed by atoms with Gasteiger partial charge in [0.1, 0.15) is 24.5 Å². The topological polar surface area (TPSA) is 188 Å². The first-order valence-electron chi connectivity index (χ1n) is 6.62. The highest BCUT2D eigenvalue weighted by molar-refractivity contribution is 7.53. The van der Waals surface area contributed by atoms with Crippen LogP contribution in [0.4, 0.5) is 0 Å². The van der Waals surface area contributed by atoms with Crippen molar-refractivity contribution in [1.82, 2.24) is 9.55 Å². The highest BCUT2D eigenvalue weighted by Gasteiger charge is 2.45. The van der Waals surface area contributed by atoms with Crippen LogP contribution in [0.25, 0.3) is 0 Å². The van der Waals surface area contributed by atoms with Crippen molar-refractivity contribution in [2.75, 3.05) is 12.8 Å². The lowest BCUT2D eigenvalue weighted by molar-refractivity contribution is -0.134. The average molecular weight is 366 g/mol. The summed E-state index contributed by atoms with van der Waals surface area (Å²) < 4.78 is 22.1. The second-order valence-corrected chi connectivity index (χ2v) is 6.90. The number of nitrogens with one attached hydrogen (secondary N) is 1. The van der Waals surface area contributed by atoms with Crippen molar-refractivity contribution in [3.63, 3.8) is 0 Å². The fourth-order valence-corrected chi connectivity index (χ4v) is 2.94. The summed E-state index contributed by atoms with van der Waals surface area (Å²) in [5.74, 6) is -1.55. The maximum absolute atomic E-state index is 11.7. The summed E-state index contributed by atoms with van der Waals surface area (Å²) in [4.78, 5) is 44.4. The zero-order valence-corrected chi connectivity index (χ0v) is 12.9. The SMILES string of the molecule is O=C(O)CP(=O)(O)OC[C@H]1OC(n2ccc(=O)[nH]c2=O)[C@H](O)[C@@H]1O. The third-order valence-electron chi connectivity index (χ3n) is 3.24. The van der Waals surface area contributed by atoms with Gasteiger partial charge >= 0.3 is 19.3 Å². The molecule has 0 spiro atoms. The van der Waals surface area contributed by atoms with Gasteiger partial charge in [-0.25, -0.2) is 4.79 Å². The zero-order valence-electron chi connectivity index (χ0n) is 12.0. The molecule has 0 radical (unpaired) electrons. The summed E-state index contributed by atoms with van der Waals surface area (Å²) in [6, 6.07) is 1.00. The van der Waals surface area contributed by atoms with Crippen LogP contribution >= 0.6 is 7.60 Å². The first kappa shape index (κ1) is 18.5. The van der Waals surface area contributed by atoms with E-state index in [1.165, 1.54) is 0 Å². The molecule has 1 aromatic heterocycles. The van der Waals surface area contributed by atoms with Crippen LogP contribution in [0, 0.1) is 0 Å². The molecule has 12 nitrogen and oxygen atoms in total. The molecule has 0 aromatic carbocycles. The fourth-order valence-electron chi connectivity index (χ4n) is 2.13. The van der Waals surface area contributed by atoms with Crippen molar-refractivity contribution in [2.45, 2.75) is 24.5 Å². The Morgan fingerprint density at radius 2 is 2.04 bits per heavy atom. The Kier molecular flexibility index (Phi) is 5.38. The Labute approximate surface area is 133 Å². The number of aliphatic hydroxyl groups is 2. The predicted molar refractivity (Wildman–Crippen MR) is 75.5 cm³/mol. The Balaban J connectivity index is 2.10. The molecular formula is C11H15N2O10P. The van der Waals surface area contributed by atoms with Gasteiger partial charge in [0, 0.05) is 12.3 Å². The van der Waals surface area contributed by atoms with Crippen molar-refractivity contribution in [3.05, 3.63) is 33.1 Å². The van der Waals surface area contributed by atoms with Crippen molar-refractivity contribution >= 4 is 13.6 Å². The van der Waals surface area contributed by atoms with Gasteiger partial charge in [-0.2, -0.15) is 0 Å². The van der Waals surface area contributed by atoms with Crippen LogP contribution in [0.2, 0.25) is 0 Å². The zero-order chi connectivity index (χ0) is 18.1. The molecule has 2 rings (SSSR count). The Morgan fingerprint density at radius 3 is 2.62 bits per heavy atom. The maximum Gasteiger partial charge on any atom is 0.339 e. The minimum absolute atomic E-state index is 0.668. The van der Waals surface area contributed by atoms with Crippen LogP contribution in [0.15, 0.2) is 21.9 Å². The number of carboxylic acids is 1. The lowest BCUT2D eigenvalue weighted by Gasteiger charge is -2.17. The van der Waals surface area contributed by atoms with E-state index in [2.05, 4.69) is 4.52 Å². The van der Waals surface area contributed by atoms with Crippen LogP contribution in [-0.2, 0) is 18.6 Å². The van der Waals surface area contributed by atoms with Gasteiger partial charge < -0.3 is 29.5 Å². The summed E-state index contributed by atoms with van der Waals surface area (Å²) >= 11 is 0. The normalized spacial score (nSPS) is 29.3. The highest BCUT2D eigenvalue weighted by atomic mass is 31.2. The van der Waals surface area contributed by atoms with Crippen molar-refractivity contribution < 1.29 is 38.8 Å². The van der Waals surface area contributed by atoms with Crippen LogP contribution in [0.1, 0.15) is 6.23 Å². The number of hydrogen-bond acceptors (Lipinski definition) is 8. The number of aromatic amines is 1. The van der Waals surface area contributed by atoms with Crippen molar-refractivity contribution in [3.8, 4) is 0 Å². The van der Waals surface area contributed by atoms with E-state index in [1.54, 1.807) is 0 Å². The Hall–Kier alpha value is -1.82. The molecule has 1 aliphatic heterocycles. The number of carboxylic acid groups (broad SMARTS) is 1. The average Bonchev–Trinajstić information content (AvgIpc) is 2.72. The molecule has 0 bridgehead atoms. The van der Waals surface area contributed by atoms with Gasteiger partial charge in [-0.05, 0) is 0 Å². The van der Waals surface area contributed by atoms with Crippen LogP contribution in [-0.4, -0.2) is 66.8 Å². The Bertz CT molecular complexity index is 773. The molecule has 2 unspecified atom stereocenters. The first-order valence-corrected chi connectivity index (χ1v) is 8.38. The molecule has 5 atom stereocenters. The number of aliphatic carboxylic acids is 1. The minimum atomic E-state index is -4.44. The smallest absolute Gasteiger partial charge is 0.339 e. The van der Waals surface area contributed by atoms with Gasteiger partial charge in [0.15, 0.2) is 6.23 Å². The number of ether oxygens (including phenoxy) is 1. The molecule has 134 valence electrons. The fraction of sp³-hybridized carbons (Fsp3) is 0.545. The molecule has 0 aliphatic carbocycles. The standard InChI is InChI=1S/C11H15N2O10P/c14-6-1-2-13(11(19)12-6)10-9(18)8(17)5(23-10)3-22-24(20,21)4-7(15)16/h1-2,5,8-10,17-18H,3-4H2,(H,15,16)(H,20,21)(H,12,14,19)/t5-,8-,9-,10?/m1/s1. The van der Waals surface area contributed by atoms with E-state index in [1.807, 2.05) is 4.98 Å². The molecule has 13 heteroatoms. The molecule has 1 fully saturated rings. The number of aromatic nitrogens is 2. The van der Waals surface area contributed by atoms with E-state index in [0.29, 0.717) is 0 Å². The lowest BCUT2D eigenvalue weighted by Crippen LogP contribution is -2.37. The molecule has 1 aromatic rings. The molecule has 0 amide bonds. The van der Waals surface area contributed by atoms with E-state index in [-0.39, 0.29) is 0 Å². The second kappa shape index (κ2) is 6.97. The summed E-state index contributed by atoms with van der Waals surface area (Å²) in [7, 11) is -4.44. The van der Waals surface area contributed by atoms with Crippen LogP contribution < -0.4 is 11.2 Å². The summed E-state index contributed by atoms with van der Waals surface area (Å²) in [5.41, 5.74) is -1.56. The largest absolute Gasteiger partial charge is 0.481 e.